The summed E-state index contributed by atoms with van der Waals surface area (Å²) in [5, 5.41) is 0.674. The highest BCUT2D eigenvalue weighted by molar-refractivity contribution is 6.31. The standard InChI is InChI=1S/C15H18ClN3/c1-10-3-4-13(11(2)7-10)15(19-17)8-12-5-6-18-9-14(12)16/h3-7,9,15,19H,8,17H2,1-2H3. The number of hydrogen-bond acceptors (Lipinski definition) is 3. The molecule has 1 aromatic heterocycles. The molecule has 0 spiro atoms. The highest BCUT2D eigenvalue weighted by atomic mass is 35.5. The van der Waals surface area contributed by atoms with E-state index in [-0.39, 0.29) is 6.04 Å². The van der Waals surface area contributed by atoms with E-state index < -0.39 is 0 Å². The number of hydrazine groups is 1. The van der Waals surface area contributed by atoms with Crippen LogP contribution in [0.15, 0.2) is 36.7 Å². The van der Waals surface area contributed by atoms with Crippen LogP contribution in [0.4, 0.5) is 0 Å². The zero-order valence-electron chi connectivity index (χ0n) is 11.2. The SMILES string of the molecule is Cc1ccc(C(Cc2ccncc2Cl)NN)c(C)c1. The number of aromatic nitrogens is 1. The van der Waals surface area contributed by atoms with Crippen LogP contribution in [-0.2, 0) is 6.42 Å². The molecule has 100 valence electrons. The summed E-state index contributed by atoms with van der Waals surface area (Å²) in [6.45, 7) is 4.18. The van der Waals surface area contributed by atoms with Gasteiger partial charge in [-0.2, -0.15) is 0 Å². The zero-order valence-corrected chi connectivity index (χ0v) is 11.9. The Bertz CT molecular complexity index is 569. The number of halogens is 1. The number of pyridine rings is 1. The molecule has 1 aromatic carbocycles. The van der Waals surface area contributed by atoms with Crippen molar-refractivity contribution in [3.05, 3.63) is 63.9 Å². The number of aryl methyl sites for hydroxylation is 2. The van der Waals surface area contributed by atoms with Crippen LogP contribution in [0.3, 0.4) is 0 Å². The first kappa shape index (κ1) is 14.0. The molecule has 0 radical (unpaired) electrons. The largest absolute Gasteiger partial charge is 0.271 e. The molecule has 0 aliphatic rings. The summed E-state index contributed by atoms with van der Waals surface area (Å²) in [5.74, 6) is 5.70. The van der Waals surface area contributed by atoms with Crippen molar-refractivity contribution < 1.29 is 0 Å². The average molecular weight is 276 g/mol. The van der Waals surface area contributed by atoms with Gasteiger partial charge < -0.3 is 0 Å². The molecule has 0 bridgehead atoms. The molecular formula is C15H18ClN3. The van der Waals surface area contributed by atoms with Gasteiger partial charge >= 0.3 is 0 Å². The first-order valence-corrected chi connectivity index (χ1v) is 6.61. The molecular weight excluding hydrogens is 258 g/mol. The van der Waals surface area contributed by atoms with E-state index in [1.165, 1.54) is 16.7 Å². The van der Waals surface area contributed by atoms with Crippen LogP contribution in [0.2, 0.25) is 5.02 Å². The third-order valence-corrected chi connectivity index (χ3v) is 3.62. The van der Waals surface area contributed by atoms with Crippen molar-refractivity contribution in [2.24, 2.45) is 5.84 Å². The van der Waals surface area contributed by atoms with Gasteiger partial charge in [-0.25, -0.2) is 0 Å². The Labute approximate surface area is 118 Å². The molecule has 3 N–H and O–H groups in total. The van der Waals surface area contributed by atoms with Crippen LogP contribution < -0.4 is 11.3 Å². The third-order valence-electron chi connectivity index (χ3n) is 3.28. The summed E-state index contributed by atoms with van der Waals surface area (Å²) in [4.78, 5) is 4.00. The lowest BCUT2D eigenvalue weighted by Gasteiger charge is -2.19. The highest BCUT2D eigenvalue weighted by Crippen LogP contribution is 2.25. The molecule has 0 fully saturated rings. The minimum Gasteiger partial charge on any atom is -0.271 e. The van der Waals surface area contributed by atoms with Gasteiger partial charge in [-0.1, -0.05) is 35.4 Å². The predicted molar refractivity (Wildman–Crippen MR) is 78.9 cm³/mol. The predicted octanol–water partition coefficient (Wildman–Crippen LogP) is 3.10. The van der Waals surface area contributed by atoms with Crippen molar-refractivity contribution in [3.8, 4) is 0 Å². The van der Waals surface area contributed by atoms with Crippen molar-refractivity contribution >= 4 is 11.6 Å². The number of hydrogen-bond donors (Lipinski definition) is 2. The molecule has 0 saturated carbocycles. The monoisotopic (exact) mass is 275 g/mol. The number of nitrogens with one attached hydrogen (secondary N) is 1. The molecule has 1 heterocycles. The van der Waals surface area contributed by atoms with Crippen LogP contribution in [0, 0.1) is 13.8 Å². The summed E-state index contributed by atoms with van der Waals surface area (Å²) < 4.78 is 0. The van der Waals surface area contributed by atoms with E-state index in [4.69, 9.17) is 17.4 Å². The molecule has 19 heavy (non-hydrogen) atoms. The van der Waals surface area contributed by atoms with E-state index in [9.17, 15) is 0 Å². The average Bonchev–Trinajstić information content (AvgIpc) is 2.39. The Morgan fingerprint density at radius 1 is 1.32 bits per heavy atom. The molecule has 1 unspecified atom stereocenters. The fourth-order valence-corrected chi connectivity index (χ4v) is 2.46. The van der Waals surface area contributed by atoms with Crippen LogP contribution in [-0.4, -0.2) is 4.98 Å². The maximum atomic E-state index is 6.15. The summed E-state index contributed by atoms with van der Waals surface area (Å²) in [5.41, 5.74) is 7.59. The van der Waals surface area contributed by atoms with Crippen LogP contribution in [0.1, 0.15) is 28.3 Å². The molecule has 3 nitrogen and oxygen atoms in total. The van der Waals surface area contributed by atoms with E-state index in [2.05, 4.69) is 42.5 Å². The summed E-state index contributed by atoms with van der Waals surface area (Å²) >= 11 is 6.15. The highest BCUT2D eigenvalue weighted by Gasteiger charge is 2.14. The minimum absolute atomic E-state index is 0.0421. The molecule has 4 heteroatoms. The Kier molecular flexibility index (Phi) is 4.53. The Morgan fingerprint density at radius 2 is 2.11 bits per heavy atom. The number of benzene rings is 1. The quantitative estimate of drug-likeness (QED) is 0.666. The maximum Gasteiger partial charge on any atom is 0.0622 e. The molecule has 0 aliphatic carbocycles. The first-order chi connectivity index (χ1) is 9.11. The smallest absolute Gasteiger partial charge is 0.0622 e. The molecule has 2 rings (SSSR count). The van der Waals surface area contributed by atoms with E-state index in [1.807, 2.05) is 6.07 Å². The van der Waals surface area contributed by atoms with Gasteiger partial charge in [0.25, 0.3) is 0 Å². The van der Waals surface area contributed by atoms with Crippen molar-refractivity contribution in [1.29, 1.82) is 0 Å². The normalized spacial score (nSPS) is 12.4. The van der Waals surface area contributed by atoms with Gasteiger partial charge in [0.05, 0.1) is 11.1 Å². The van der Waals surface area contributed by atoms with E-state index >= 15 is 0 Å². The summed E-state index contributed by atoms with van der Waals surface area (Å²) in [7, 11) is 0. The Morgan fingerprint density at radius 3 is 2.74 bits per heavy atom. The number of nitrogens with zero attached hydrogens (tertiary/aromatic N) is 1. The van der Waals surface area contributed by atoms with Crippen molar-refractivity contribution in [3.63, 3.8) is 0 Å². The van der Waals surface area contributed by atoms with Crippen molar-refractivity contribution in [1.82, 2.24) is 10.4 Å². The number of rotatable bonds is 4. The minimum atomic E-state index is 0.0421. The fourth-order valence-electron chi connectivity index (χ4n) is 2.26. The second-order valence-corrected chi connectivity index (χ2v) is 5.16. The van der Waals surface area contributed by atoms with Gasteiger partial charge in [-0.05, 0) is 43.0 Å². The third kappa shape index (κ3) is 3.32. The van der Waals surface area contributed by atoms with E-state index in [1.54, 1.807) is 12.4 Å². The van der Waals surface area contributed by atoms with Gasteiger partial charge in [0, 0.05) is 12.4 Å². The lowest BCUT2D eigenvalue weighted by atomic mass is 9.95. The van der Waals surface area contributed by atoms with Crippen LogP contribution in [0.25, 0.3) is 0 Å². The number of nitrogens with two attached hydrogens (primary N) is 1. The molecule has 2 aromatic rings. The van der Waals surface area contributed by atoms with Gasteiger partial charge in [-0.3, -0.25) is 16.3 Å². The van der Waals surface area contributed by atoms with Gasteiger partial charge in [0.15, 0.2) is 0 Å². The van der Waals surface area contributed by atoms with E-state index in [0.717, 1.165) is 12.0 Å². The Hall–Kier alpha value is -1.42. The molecule has 1 atom stereocenters. The molecule has 0 aliphatic heterocycles. The first-order valence-electron chi connectivity index (χ1n) is 6.23. The molecule has 0 amide bonds. The second-order valence-electron chi connectivity index (χ2n) is 4.75. The van der Waals surface area contributed by atoms with Crippen molar-refractivity contribution in [2.75, 3.05) is 0 Å². The van der Waals surface area contributed by atoms with Gasteiger partial charge in [-0.15, -0.1) is 0 Å². The van der Waals surface area contributed by atoms with E-state index in [0.29, 0.717) is 5.02 Å². The van der Waals surface area contributed by atoms with Crippen LogP contribution >= 0.6 is 11.6 Å². The van der Waals surface area contributed by atoms with Crippen LogP contribution in [0.5, 0.6) is 0 Å². The second kappa shape index (κ2) is 6.15. The topological polar surface area (TPSA) is 50.9 Å². The maximum absolute atomic E-state index is 6.15. The Balaban J connectivity index is 2.28. The van der Waals surface area contributed by atoms with Gasteiger partial charge in [0.1, 0.15) is 0 Å². The van der Waals surface area contributed by atoms with Crippen molar-refractivity contribution in [2.45, 2.75) is 26.3 Å². The fraction of sp³-hybridized carbons (Fsp3) is 0.267. The lowest BCUT2D eigenvalue weighted by molar-refractivity contribution is 0.549. The zero-order chi connectivity index (χ0) is 13.8. The summed E-state index contributed by atoms with van der Waals surface area (Å²) in [6.07, 6.45) is 4.14. The molecule has 0 saturated heterocycles. The summed E-state index contributed by atoms with van der Waals surface area (Å²) in [6, 6.07) is 8.34. The lowest BCUT2D eigenvalue weighted by Crippen LogP contribution is -2.30. The van der Waals surface area contributed by atoms with Gasteiger partial charge in [0.2, 0.25) is 0 Å².